The van der Waals surface area contributed by atoms with Crippen LogP contribution in [0.3, 0.4) is 0 Å². The van der Waals surface area contributed by atoms with Gasteiger partial charge in [0.2, 0.25) is 0 Å². The van der Waals surface area contributed by atoms with Crippen LogP contribution in [0.1, 0.15) is 27.7 Å². The molecule has 0 aromatic heterocycles. The van der Waals surface area contributed by atoms with Crippen molar-refractivity contribution in [3.8, 4) is 0 Å². The van der Waals surface area contributed by atoms with Crippen molar-refractivity contribution in [1.29, 1.82) is 0 Å². The summed E-state index contributed by atoms with van der Waals surface area (Å²) < 4.78 is 9.57. The summed E-state index contributed by atoms with van der Waals surface area (Å²) in [7, 11) is 0. The topological polar surface area (TPSA) is 105 Å². The monoisotopic (exact) mass is 218 g/mol. The molecule has 0 saturated carbocycles. The van der Waals surface area contributed by atoms with Gasteiger partial charge in [-0.3, -0.25) is 0 Å². The average molecular weight is 218 g/mol. The first-order chi connectivity index (χ1) is 6.63. The summed E-state index contributed by atoms with van der Waals surface area (Å²) in [5.41, 5.74) is 9.76. The Balaban J connectivity index is 4.25. The van der Waals surface area contributed by atoms with Crippen molar-refractivity contribution in [1.82, 2.24) is 0 Å². The summed E-state index contributed by atoms with van der Waals surface area (Å²) in [4.78, 5) is 21.5. The molecule has 15 heavy (non-hydrogen) atoms. The molecule has 1 amide bonds. The zero-order valence-corrected chi connectivity index (χ0v) is 9.44. The number of amides is 1. The van der Waals surface area contributed by atoms with E-state index in [0.29, 0.717) is 0 Å². The van der Waals surface area contributed by atoms with Gasteiger partial charge in [-0.25, -0.2) is 9.59 Å². The van der Waals surface area contributed by atoms with Crippen LogP contribution in [0.2, 0.25) is 0 Å². The summed E-state index contributed by atoms with van der Waals surface area (Å²) in [6.45, 7) is 7.11. The maximum absolute atomic E-state index is 11.2. The Morgan fingerprint density at radius 1 is 1.27 bits per heavy atom. The van der Waals surface area contributed by atoms with Gasteiger partial charge in [-0.1, -0.05) is 0 Å². The molecule has 0 heterocycles. The van der Waals surface area contributed by atoms with Gasteiger partial charge < -0.3 is 20.9 Å². The van der Waals surface area contributed by atoms with Crippen LogP contribution in [-0.4, -0.2) is 29.8 Å². The Kier molecular flexibility index (Phi) is 4.70. The Morgan fingerprint density at radius 3 is 2.07 bits per heavy atom. The van der Waals surface area contributed by atoms with Crippen LogP contribution in [0.25, 0.3) is 0 Å². The second-order valence-electron chi connectivity index (χ2n) is 4.20. The third kappa shape index (κ3) is 6.03. The first-order valence-corrected chi connectivity index (χ1v) is 4.58. The predicted molar refractivity (Wildman–Crippen MR) is 54.0 cm³/mol. The minimum Gasteiger partial charge on any atom is -0.375 e. The minimum absolute atomic E-state index is 0.427. The molecule has 0 saturated heterocycles. The molecule has 4 N–H and O–H groups in total. The van der Waals surface area contributed by atoms with E-state index in [1.807, 2.05) is 20.8 Å². The Labute approximate surface area is 88.9 Å². The van der Waals surface area contributed by atoms with E-state index in [1.165, 1.54) is 0 Å². The van der Waals surface area contributed by atoms with Crippen molar-refractivity contribution in [2.24, 2.45) is 11.5 Å². The minimum atomic E-state index is -1.17. The van der Waals surface area contributed by atoms with Crippen LogP contribution >= 0.6 is 0 Å². The number of rotatable bonds is 3. The molecule has 0 aromatic carbocycles. The van der Waals surface area contributed by atoms with Gasteiger partial charge >= 0.3 is 12.1 Å². The van der Waals surface area contributed by atoms with E-state index in [1.54, 1.807) is 6.92 Å². The summed E-state index contributed by atoms with van der Waals surface area (Å²) in [5.74, 6) is -0.890. The summed E-state index contributed by atoms with van der Waals surface area (Å²) >= 11 is 0. The van der Waals surface area contributed by atoms with Crippen molar-refractivity contribution in [3.63, 3.8) is 0 Å². The SMILES string of the molecule is CC(OC(C)(C)C)[C@@H](N)C(=O)OC(N)=O. The molecule has 1 unspecified atom stereocenters. The third-order valence-electron chi connectivity index (χ3n) is 1.52. The normalized spacial score (nSPS) is 15.5. The van der Waals surface area contributed by atoms with Crippen molar-refractivity contribution in [2.45, 2.75) is 45.4 Å². The summed E-state index contributed by atoms with van der Waals surface area (Å²) in [5, 5.41) is 0. The van der Waals surface area contributed by atoms with E-state index >= 15 is 0 Å². The van der Waals surface area contributed by atoms with Gasteiger partial charge in [0.15, 0.2) is 0 Å². The highest BCUT2D eigenvalue weighted by atomic mass is 16.6. The van der Waals surface area contributed by atoms with E-state index in [0.717, 1.165) is 0 Å². The maximum atomic E-state index is 11.2. The third-order valence-corrected chi connectivity index (χ3v) is 1.52. The molecule has 0 rings (SSSR count). The lowest BCUT2D eigenvalue weighted by Crippen LogP contribution is -2.46. The van der Waals surface area contributed by atoms with E-state index in [4.69, 9.17) is 10.5 Å². The lowest BCUT2D eigenvalue weighted by Gasteiger charge is -2.27. The highest BCUT2D eigenvalue weighted by molar-refractivity contribution is 5.87. The molecule has 0 aliphatic rings. The van der Waals surface area contributed by atoms with E-state index in [9.17, 15) is 9.59 Å². The number of carbonyl (C=O) groups is 2. The summed E-state index contributed by atoms with van der Waals surface area (Å²) in [6.07, 6.45) is -1.73. The first kappa shape index (κ1) is 13.9. The fourth-order valence-electron chi connectivity index (χ4n) is 0.990. The smallest absolute Gasteiger partial charge is 0.375 e. The molecule has 88 valence electrons. The van der Waals surface area contributed by atoms with Crippen LogP contribution < -0.4 is 11.5 Å². The lowest BCUT2D eigenvalue weighted by molar-refractivity contribution is -0.145. The Bertz CT molecular complexity index is 247. The number of hydrogen-bond donors (Lipinski definition) is 2. The lowest BCUT2D eigenvalue weighted by atomic mass is 10.1. The number of ether oxygens (including phenoxy) is 2. The standard InChI is InChI=1S/C9H18N2O4/c1-5(15-9(2,3)4)6(10)7(12)14-8(11)13/h5-6H,10H2,1-4H3,(H2,11,13)/t5?,6-/m1/s1. The van der Waals surface area contributed by atoms with Crippen molar-refractivity contribution < 1.29 is 19.1 Å². The largest absolute Gasteiger partial charge is 0.412 e. The van der Waals surface area contributed by atoms with Gasteiger partial charge in [0, 0.05) is 0 Å². The Morgan fingerprint density at radius 2 is 1.73 bits per heavy atom. The number of primary amides is 1. The molecule has 0 aliphatic heterocycles. The fourth-order valence-corrected chi connectivity index (χ4v) is 0.990. The Hall–Kier alpha value is -1.14. The molecule has 0 spiro atoms. The van der Waals surface area contributed by atoms with Gasteiger partial charge in [0.25, 0.3) is 0 Å². The van der Waals surface area contributed by atoms with E-state index in [-0.39, 0.29) is 0 Å². The molecular formula is C9H18N2O4. The van der Waals surface area contributed by atoms with Crippen LogP contribution in [0.4, 0.5) is 4.79 Å². The van der Waals surface area contributed by atoms with Gasteiger partial charge in [-0.15, -0.1) is 0 Å². The molecular weight excluding hydrogens is 200 g/mol. The van der Waals surface area contributed by atoms with Crippen LogP contribution in [0.15, 0.2) is 0 Å². The zero-order chi connectivity index (χ0) is 12.2. The number of nitrogens with two attached hydrogens (primary N) is 2. The van der Waals surface area contributed by atoms with E-state index in [2.05, 4.69) is 10.5 Å². The summed E-state index contributed by atoms with van der Waals surface area (Å²) in [6, 6.07) is -1.03. The number of carbonyl (C=O) groups excluding carboxylic acids is 2. The second kappa shape index (κ2) is 5.09. The van der Waals surface area contributed by atoms with Crippen LogP contribution in [0.5, 0.6) is 0 Å². The molecule has 2 atom stereocenters. The van der Waals surface area contributed by atoms with Crippen LogP contribution in [-0.2, 0) is 14.3 Å². The van der Waals surface area contributed by atoms with Crippen molar-refractivity contribution >= 4 is 12.1 Å². The quantitative estimate of drug-likeness (QED) is 0.517. The second-order valence-corrected chi connectivity index (χ2v) is 4.20. The van der Waals surface area contributed by atoms with Gasteiger partial charge in [0.1, 0.15) is 6.04 Å². The zero-order valence-electron chi connectivity index (χ0n) is 9.44. The molecule has 0 aliphatic carbocycles. The molecule has 0 aromatic rings. The molecule has 0 bridgehead atoms. The van der Waals surface area contributed by atoms with Gasteiger partial charge in [0.05, 0.1) is 11.7 Å². The average Bonchev–Trinajstić information content (AvgIpc) is 1.98. The molecule has 0 fully saturated rings. The molecule has 6 heteroatoms. The van der Waals surface area contributed by atoms with Gasteiger partial charge in [-0.05, 0) is 27.7 Å². The number of esters is 1. The number of hydrogen-bond acceptors (Lipinski definition) is 5. The fraction of sp³-hybridized carbons (Fsp3) is 0.778. The first-order valence-electron chi connectivity index (χ1n) is 4.58. The maximum Gasteiger partial charge on any atom is 0.412 e. The molecule has 6 nitrogen and oxygen atoms in total. The van der Waals surface area contributed by atoms with Crippen LogP contribution in [0, 0.1) is 0 Å². The van der Waals surface area contributed by atoms with Gasteiger partial charge in [-0.2, -0.15) is 0 Å². The predicted octanol–water partition coefficient (Wildman–Crippen LogP) is 0.139. The highest BCUT2D eigenvalue weighted by Gasteiger charge is 2.27. The molecule has 0 radical (unpaired) electrons. The highest BCUT2D eigenvalue weighted by Crippen LogP contribution is 2.12. The van der Waals surface area contributed by atoms with Crippen molar-refractivity contribution in [3.05, 3.63) is 0 Å². The van der Waals surface area contributed by atoms with Crippen molar-refractivity contribution in [2.75, 3.05) is 0 Å². The van der Waals surface area contributed by atoms with E-state index < -0.39 is 29.8 Å².